The molecule has 5 rings (SSSR count). The number of hydrogen-bond donors (Lipinski definition) is 2. The first kappa shape index (κ1) is 24.2. The van der Waals surface area contributed by atoms with E-state index in [1.807, 2.05) is 18.3 Å². The molecule has 0 bridgehead atoms. The number of nitrogens with one attached hydrogen (secondary N) is 2. The molecular weight excluding hydrogens is 468 g/mol. The maximum Gasteiger partial charge on any atom is 0.232 e. The average Bonchev–Trinajstić information content (AvgIpc) is 2.93. The van der Waals surface area contributed by atoms with Gasteiger partial charge in [0, 0.05) is 69.5 Å². The molecular formula is C27H34N8S. The van der Waals surface area contributed by atoms with E-state index in [4.69, 9.17) is 22.2 Å². The van der Waals surface area contributed by atoms with Crippen LogP contribution in [0.15, 0.2) is 60.9 Å². The van der Waals surface area contributed by atoms with Crippen LogP contribution in [0.1, 0.15) is 31.7 Å². The molecule has 4 heterocycles. The Kier molecular flexibility index (Phi) is 7.76. The Morgan fingerprint density at radius 2 is 1.72 bits per heavy atom. The monoisotopic (exact) mass is 502 g/mol. The first-order valence-corrected chi connectivity index (χ1v) is 13.2. The summed E-state index contributed by atoms with van der Waals surface area (Å²) in [5.74, 6) is 2.45. The Balaban J connectivity index is 1.31. The summed E-state index contributed by atoms with van der Waals surface area (Å²) in [7, 11) is 0. The van der Waals surface area contributed by atoms with Gasteiger partial charge < -0.3 is 25.3 Å². The van der Waals surface area contributed by atoms with Crippen LogP contribution < -0.4 is 25.3 Å². The molecule has 3 aromatic rings. The molecule has 2 aliphatic heterocycles. The third-order valence-corrected chi connectivity index (χ3v) is 7.17. The molecule has 36 heavy (non-hydrogen) atoms. The zero-order valence-electron chi connectivity index (χ0n) is 20.8. The summed E-state index contributed by atoms with van der Waals surface area (Å²) in [5, 5.41) is 6.98. The molecule has 188 valence electrons. The second-order valence-electron chi connectivity index (χ2n) is 9.42. The number of pyridine rings is 1. The van der Waals surface area contributed by atoms with Crippen molar-refractivity contribution in [2.24, 2.45) is 0 Å². The summed E-state index contributed by atoms with van der Waals surface area (Å²) in [6, 6.07) is 17.2. The molecule has 8 nitrogen and oxygen atoms in total. The van der Waals surface area contributed by atoms with Gasteiger partial charge in [0.05, 0.1) is 0 Å². The number of aromatic nitrogens is 3. The molecule has 0 amide bonds. The fraction of sp³-hybridized carbons (Fsp3) is 0.407. The Bertz CT molecular complexity index is 1140. The Morgan fingerprint density at radius 3 is 2.47 bits per heavy atom. The van der Waals surface area contributed by atoms with Gasteiger partial charge in [-0.1, -0.05) is 24.3 Å². The molecule has 2 N–H and O–H groups in total. The van der Waals surface area contributed by atoms with E-state index in [0.717, 1.165) is 49.9 Å². The smallest absolute Gasteiger partial charge is 0.232 e. The number of thiocarbonyl (C=S) groups is 1. The van der Waals surface area contributed by atoms with Gasteiger partial charge in [0.15, 0.2) is 5.11 Å². The zero-order chi connectivity index (χ0) is 24.7. The van der Waals surface area contributed by atoms with Gasteiger partial charge in [0.2, 0.25) is 5.95 Å². The van der Waals surface area contributed by atoms with E-state index in [-0.39, 0.29) is 0 Å². The van der Waals surface area contributed by atoms with Gasteiger partial charge in [-0.2, -0.15) is 9.97 Å². The number of piperidine rings is 1. The quantitative estimate of drug-likeness (QED) is 0.486. The van der Waals surface area contributed by atoms with Crippen LogP contribution in [0.3, 0.4) is 0 Å². The van der Waals surface area contributed by atoms with Gasteiger partial charge in [-0.25, -0.2) is 0 Å². The lowest BCUT2D eigenvalue weighted by Gasteiger charge is -2.38. The molecule has 0 radical (unpaired) electrons. The molecule has 1 atom stereocenters. The highest BCUT2D eigenvalue weighted by atomic mass is 32.1. The second kappa shape index (κ2) is 11.5. The number of hydrogen-bond acceptors (Lipinski definition) is 7. The SMILES string of the molecule is C[C@@H]1CCCCN1c1cc(N2CCN(c3ccccc3)CC2)nc(NC(=S)NCc2cccnc2)n1. The fourth-order valence-electron chi connectivity index (χ4n) is 4.89. The zero-order valence-corrected chi connectivity index (χ0v) is 21.6. The second-order valence-corrected chi connectivity index (χ2v) is 9.83. The number of rotatable bonds is 6. The highest BCUT2D eigenvalue weighted by molar-refractivity contribution is 7.80. The van der Waals surface area contributed by atoms with Crippen LogP contribution in [0.25, 0.3) is 0 Å². The van der Waals surface area contributed by atoms with E-state index in [2.05, 4.69) is 73.6 Å². The normalized spacial score (nSPS) is 18.1. The average molecular weight is 503 g/mol. The van der Waals surface area contributed by atoms with Crippen molar-refractivity contribution < 1.29 is 0 Å². The fourth-order valence-corrected chi connectivity index (χ4v) is 5.05. The van der Waals surface area contributed by atoms with Gasteiger partial charge in [-0.05, 0) is 62.2 Å². The number of nitrogens with zero attached hydrogens (tertiary/aromatic N) is 6. The maximum absolute atomic E-state index is 5.57. The number of para-hydroxylation sites is 1. The first-order valence-electron chi connectivity index (χ1n) is 12.8. The van der Waals surface area contributed by atoms with E-state index < -0.39 is 0 Å². The lowest BCUT2D eigenvalue weighted by atomic mass is 10.0. The lowest BCUT2D eigenvalue weighted by molar-refractivity contribution is 0.481. The molecule has 2 aromatic heterocycles. The van der Waals surface area contributed by atoms with Crippen LogP contribution in [-0.4, -0.2) is 58.8 Å². The van der Waals surface area contributed by atoms with E-state index in [1.54, 1.807) is 6.20 Å². The summed E-state index contributed by atoms with van der Waals surface area (Å²) in [4.78, 5) is 21.1. The van der Waals surface area contributed by atoms with Crippen LogP contribution in [0.5, 0.6) is 0 Å². The topological polar surface area (TPSA) is 72.5 Å². The Labute approximate surface area is 218 Å². The third-order valence-electron chi connectivity index (χ3n) is 6.92. The van der Waals surface area contributed by atoms with Crippen LogP contribution in [-0.2, 0) is 6.54 Å². The van der Waals surface area contributed by atoms with Crippen molar-refractivity contribution in [2.75, 3.05) is 52.7 Å². The van der Waals surface area contributed by atoms with E-state index >= 15 is 0 Å². The molecule has 0 saturated carbocycles. The highest BCUT2D eigenvalue weighted by Gasteiger charge is 2.24. The van der Waals surface area contributed by atoms with Crippen molar-refractivity contribution in [3.63, 3.8) is 0 Å². The molecule has 1 aromatic carbocycles. The molecule has 0 aliphatic carbocycles. The third kappa shape index (κ3) is 6.02. The van der Waals surface area contributed by atoms with Gasteiger partial charge in [0.1, 0.15) is 11.6 Å². The molecule has 0 spiro atoms. The largest absolute Gasteiger partial charge is 0.368 e. The summed E-state index contributed by atoms with van der Waals surface area (Å²) in [5.41, 5.74) is 2.34. The number of benzene rings is 1. The standard InChI is InChI=1S/C27H34N8S/c1-21-8-5-6-13-35(21)25-18-24(34-16-14-33(15-17-34)23-10-3-2-4-11-23)30-26(31-25)32-27(36)29-20-22-9-7-12-28-19-22/h2-4,7,9-12,18-19,21H,5-6,8,13-17,20H2,1H3,(H2,29,30,31,32,36)/t21-/m1/s1. The predicted octanol–water partition coefficient (Wildman–Crippen LogP) is 4.06. The minimum absolute atomic E-state index is 0.458. The summed E-state index contributed by atoms with van der Waals surface area (Å²) >= 11 is 5.57. The van der Waals surface area contributed by atoms with Gasteiger partial charge in [0.25, 0.3) is 0 Å². The van der Waals surface area contributed by atoms with Crippen molar-refractivity contribution >= 4 is 40.6 Å². The number of piperazine rings is 1. The van der Waals surface area contributed by atoms with Gasteiger partial charge in [-0.3, -0.25) is 4.98 Å². The maximum atomic E-state index is 5.57. The summed E-state index contributed by atoms with van der Waals surface area (Å²) < 4.78 is 0. The Hall–Kier alpha value is -3.46. The van der Waals surface area contributed by atoms with Crippen molar-refractivity contribution in [2.45, 2.75) is 38.8 Å². The van der Waals surface area contributed by atoms with Crippen LogP contribution in [0, 0.1) is 0 Å². The van der Waals surface area contributed by atoms with E-state index in [0.29, 0.717) is 23.6 Å². The Morgan fingerprint density at radius 1 is 0.944 bits per heavy atom. The predicted molar refractivity (Wildman–Crippen MR) is 151 cm³/mol. The summed E-state index contributed by atoms with van der Waals surface area (Å²) in [6.45, 7) is 7.62. The minimum atomic E-state index is 0.458. The molecule has 9 heteroatoms. The van der Waals surface area contributed by atoms with E-state index in [1.165, 1.54) is 24.9 Å². The molecule has 0 unspecified atom stereocenters. The van der Waals surface area contributed by atoms with Crippen LogP contribution in [0.4, 0.5) is 23.3 Å². The van der Waals surface area contributed by atoms with Crippen molar-refractivity contribution in [1.29, 1.82) is 0 Å². The molecule has 2 saturated heterocycles. The van der Waals surface area contributed by atoms with Crippen molar-refractivity contribution in [3.8, 4) is 0 Å². The van der Waals surface area contributed by atoms with Crippen LogP contribution in [0.2, 0.25) is 0 Å². The van der Waals surface area contributed by atoms with Gasteiger partial charge >= 0.3 is 0 Å². The van der Waals surface area contributed by atoms with Crippen molar-refractivity contribution in [3.05, 3.63) is 66.5 Å². The minimum Gasteiger partial charge on any atom is -0.368 e. The first-order chi connectivity index (χ1) is 17.7. The van der Waals surface area contributed by atoms with Crippen molar-refractivity contribution in [1.82, 2.24) is 20.3 Å². The highest BCUT2D eigenvalue weighted by Crippen LogP contribution is 2.28. The summed E-state index contributed by atoms with van der Waals surface area (Å²) in [6.07, 6.45) is 7.24. The molecule has 2 fully saturated rings. The van der Waals surface area contributed by atoms with Crippen LogP contribution >= 0.6 is 12.2 Å². The van der Waals surface area contributed by atoms with E-state index in [9.17, 15) is 0 Å². The number of anilines is 4. The lowest BCUT2D eigenvalue weighted by Crippen LogP contribution is -2.47. The van der Waals surface area contributed by atoms with Gasteiger partial charge in [-0.15, -0.1) is 0 Å². The molecule has 2 aliphatic rings.